The minimum Gasteiger partial charge on any atom is -0.360 e. The zero-order valence-corrected chi connectivity index (χ0v) is 14.2. The first kappa shape index (κ1) is 14.6. The van der Waals surface area contributed by atoms with E-state index in [1.165, 1.54) is 23.5 Å². The van der Waals surface area contributed by atoms with Crippen LogP contribution in [0.4, 0.5) is 4.39 Å². The Labute approximate surface area is 150 Å². The van der Waals surface area contributed by atoms with Crippen LogP contribution in [0, 0.1) is 5.82 Å². The molecule has 0 unspecified atom stereocenters. The zero-order valence-electron chi connectivity index (χ0n) is 12.7. The minimum absolute atomic E-state index is 0.260. The highest BCUT2D eigenvalue weighted by Crippen LogP contribution is 2.36. The van der Waals surface area contributed by atoms with Crippen LogP contribution in [-0.4, -0.2) is 19.9 Å². The van der Waals surface area contributed by atoms with E-state index in [0.717, 1.165) is 43.6 Å². The third kappa shape index (κ3) is 2.26. The first-order chi connectivity index (χ1) is 12.2. The van der Waals surface area contributed by atoms with Crippen molar-refractivity contribution in [3.05, 3.63) is 59.2 Å². The smallest absolute Gasteiger partial charge is 0.153 e. The van der Waals surface area contributed by atoms with E-state index in [-0.39, 0.29) is 5.82 Å². The Morgan fingerprint density at radius 3 is 2.84 bits per heavy atom. The first-order valence-corrected chi connectivity index (χ1v) is 8.81. The molecule has 1 aromatic carbocycles. The molecule has 25 heavy (non-hydrogen) atoms. The summed E-state index contributed by atoms with van der Waals surface area (Å²) in [6.45, 7) is 0. The van der Waals surface area contributed by atoms with Gasteiger partial charge in [0.1, 0.15) is 10.8 Å². The Morgan fingerprint density at radius 2 is 1.92 bits per heavy atom. The quantitative estimate of drug-likeness (QED) is 0.397. The number of pyridine rings is 1. The summed E-state index contributed by atoms with van der Waals surface area (Å²) >= 11 is 7.65. The number of nitrogens with zero attached hydrogens (tertiary/aromatic N) is 2. The lowest BCUT2D eigenvalue weighted by atomic mass is 10.1. The number of benzene rings is 1. The molecule has 0 amide bonds. The third-order valence-corrected chi connectivity index (χ3v) is 5.37. The molecule has 2 N–H and O–H groups in total. The van der Waals surface area contributed by atoms with Crippen molar-refractivity contribution in [2.24, 2.45) is 0 Å². The Balaban J connectivity index is 1.65. The van der Waals surface area contributed by atoms with Crippen molar-refractivity contribution in [2.75, 3.05) is 0 Å². The number of thiazole rings is 1. The number of rotatable bonds is 2. The normalized spacial score (nSPS) is 11.6. The molecule has 4 heterocycles. The highest BCUT2D eigenvalue weighted by molar-refractivity contribution is 7.13. The van der Waals surface area contributed by atoms with E-state index >= 15 is 0 Å². The minimum atomic E-state index is -0.260. The summed E-state index contributed by atoms with van der Waals surface area (Å²) in [7, 11) is 0. The van der Waals surface area contributed by atoms with E-state index in [9.17, 15) is 4.39 Å². The lowest BCUT2D eigenvalue weighted by molar-refractivity contribution is 0.630. The fourth-order valence-corrected chi connectivity index (χ4v) is 4.09. The van der Waals surface area contributed by atoms with Gasteiger partial charge in [-0.15, -0.1) is 11.3 Å². The van der Waals surface area contributed by atoms with Gasteiger partial charge in [0.2, 0.25) is 0 Å². The van der Waals surface area contributed by atoms with E-state index in [1.54, 1.807) is 12.3 Å². The molecular weight excluding hydrogens is 359 g/mol. The van der Waals surface area contributed by atoms with Gasteiger partial charge in [-0.2, -0.15) is 0 Å². The van der Waals surface area contributed by atoms with Crippen LogP contribution in [0.2, 0.25) is 5.15 Å². The Kier molecular flexibility index (Phi) is 3.16. The van der Waals surface area contributed by atoms with Crippen molar-refractivity contribution in [3.8, 4) is 21.8 Å². The summed E-state index contributed by atoms with van der Waals surface area (Å²) in [5, 5.41) is 5.06. The van der Waals surface area contributed by atoms with Gasteiger partial charge in [-0.05, 0) is 24.3 Å². The van der Waals surface area contributed by atoms with E-state index in [0.29, 0.717) is 5.15 Å². The van der Waals surface area contributed by atoms with Crippen molar-refractivity contribution in [1.29, 1.82) is 0 Å². The van der Waals surface area contributed by atoms with Crippen LogP contribution < -0.4 is 0 Å². The maximum atomic E-state index is 13.6. The monoisotopic (exact) mass is 368 g/mol. The van der Waals surface area contributed by atoms with Crippen LogP contribution in [0.5, 0.6) is 0 Å². The van der Waals surface area contributed by atoms with Crippen molar-refractivity contribution in [1.82, 2.24) is 19.9 Å². The van der Waals surface area contributed by atoms with Crippen molar-refractivity contribution < 1.29 is 4.39 Å². The van der Waals surface area contributed by atoms with Crippen LogP contribution in [0.25, 0.3) is 43.6 Å². The standard InChI is InChI=1S/C18H10ClFN4S/c19-17-16-10(3-4-21-17)12(6-23-16)15-8-25-18(24-15)13-7-22-14-2-1-9(20)5-11(13)14/h1-8,22-23H. The molecule has 0 saturated carbocycles. The summed E-state index contributed by atoms with van der Waals surface area (Å²) in [4.78, 5) is 15.1. The van der Waals surface area contributed by atoms with Gasteiger partial charge in [-0.3, -0.25) is 0 Å². The molecule has 0 radical (unpaired) electrons. The van der Waals surface area contributed by atoms with E-state index < -0.39 is 0 Å². The second-order valence-corrected chi connectivity index (χ2v) is 6.87. The Bertz CT molecular complexity index is 1220. The molecule has 0 aliphatic carbocycles. The van der Waals surface area contributed by atoms with Gasteiger partial charge < -0.3 is 9.97 Å². The number of hydrogen-bond donors (Lipinski definition) is 2. The van der Waals surface area contributed by atoms with E-state index in [2.05, 4.69) is 15.0 Å². The Morgan fingerprint density at radius 1 is 1.04 bits per heavy atom. The summed E-state index contributed by atoms with van der Waals surface area (Å²) in [5.41, 5.74) is 4.39. The topological polar surface area (TPSA) is 57.4 Å². The molecule has 0 atom stereocenters. The molecule has 5 aromatic rings. The number of aromatic nitrogens is 4. The third-order valence-electron chi connectivity index (χ3n) is 4.21. The molecule has 0 aliphatic heterocycles. The highest BCUT2D eigenvalue weighted by atomic mass is 35.5. The van der Waals surface area contributed by atoms with Gasteiger partial charge in [0.05, 0.1) is 11.2 Å². The van der Waals surface area contributed by atoms with Gasteiger partial charge in [-0.1, -0.05) is 11.6 Å². The first-order valence-electron chi connectivity index (χ1n) is 7.55. The van der Waals surface area contributed by atoms with Gasteiger partial charge in [0.15, 0.2) is 5.15 Å². The number of nitrogens with one attached hydrogen (secondary N) is 2. The van der Waals surface area contributed by atoms with Crippen LogP contribution >= 0.6 is 22.9 Å². The average Bonchev–Trinajstić information content (AvgIpc) is 3.31. The number of hydrogen-bond acceptors (Lipinski definition) is 3. The number of fused-ring (bicyclic) bond motifs is 2. The molecule has 0 spiro atoms. The molecule has 4 aromatic heterocycles. The molecule has 0 bridgehead atoms. The second-order valence-electron chi connectivity index (χ2n) is 5.66. The van der Waals surface area contributed by atoms with Gasteiger partial charge in [0, 0.05) is 51.4 Å². The maximum Gasteiger partial charge on any atom is 0.153 e. The van der Waals surface area contributed by atoms with Crippen LogP contribution in [-0.2, 0) is 0 Å². The fourth-order valence-electron chi connectivity index (χ4n) is 3.02. The van der Waals surface area contributed by atoms with Crippen LogP contribution in [0.3, 0.4) is 0 Å². The predicted octanol–water partition coefficient (Wildman–Crippen LogP) is 5.63. The van der Waals surface area contributed by atoms with Crippen LogP contribution in [0.1, 0.15) is 0 Å². The summed E-state index contributed by atoms with van der Waals surface area (Å²) in [6, 6.07) is 6.61. The fraction of sp³-hybridized carbons (Fsp3) is 0. The number of aromatic amines is 2. The Hall–Kier alpha value is -2.70. The molecule has 4 nitrogen and oxygen atoms in total. The molecule has 7 heteroatoms. The van der Waals surface area contributed by atoms with Gasteiger partial charge in [0.25, 0.3) is 0 Å². The predicted molar refractivity (Wildman–Crippen MR) is 99.5 cm³/mol. The average molecular weight is 369 g/mol. The zero-order chi connectivity index (χ0) is 17.0. The molecular formula is C18H10ClFN4S. The highest BCUT2D eigenvalue weighted by Gasteiger charge is 2.15. The lowest BCUT2D eigenvalue weighted by Crippen LogP contribution is -1.79. The largest absolute Gasteiger partial charge is 0.360 e. The molecule has 0 saturated heterocycles. The van der Waals surface area contributed by atoms with Crippen molar-refractivity contribution in [2.45, 2.75) is 0 Å². The van der Waals surface area contributed by atoms with Gasteiger partial charge >= 0.3 is 0 Å². The number of halogens is 2. The molecule has 122 valence electrons. The summed E-state index contributed by atoms with van der Waals surface area (Å²) in [6.07, 6.45) is 5.42. The van der Waals surface area contributed by atoms with Crippen molar-refractivity contribution in [3.63, 3.8) is 0 Å². The van der Waals surface area contributed by atoms with E-state index in [1.807, 2.05) is 23.8 Å². The van der Waals surface area contributed by atoms with Gasteiger partial charge in [-0.25, -0.2) is 14.4 Å². The molecule has 5 rings (SSSR count). The van der Waals surface area contributed by atoms with E-state index in [4.69, 9.17) is 16.6 Å². The number of H-pyrrole nitrogens is 2. The van der Waals surface area contributed by atoms with Crippen molar-refractivity contribution >= 4 is 44.7 Å². The van der Waals surface area contributed by atoms with Crippen LogP contribution in [0.15, 0.2) is 48.2 Å². The lowest BCUT2D eigenvalue weighted by Gasteiger charge is -1.96. The maximum absolute atomic E-state index is 13.6. The second kappa shape index (κ2) is 5.40. The summed E-state index contributed by atoms with van der Waals surface area (Å²) in [5.74, 6) is -0.260. The molecule has 0 aliphatic rings. The SMILES string of the molecule is Fc1ccc2[nH]cc(-c3nc(-c4c[nH]c5c(Cl)nccc45)cs3)c2c1. The summed E-state index contributed by atoms with van der Waals surface area (Å²) < 4.78 is 13.6. The molecule has 0 fully saturated rings.